The van der Waals surface area contributed by atoms with Gasteiger partial charge in [-0.05, 0) is 36.4 Å². The average Bonchev–Trinajstić information content (AvgIpc) is 2.52. The van der Waals surface area contributed by atoms with Gasteiger partial charge >= 0.3 is 12.4 Å². The molecule has 9 heteroatoms. The molecule has 0 fully saturated rings. The second-order valence-electron chi connectivity index (χ2n) is 4.91. The highest BCUT2D eigenvalue weighted by molar-refractivity contribution is 6.05. The molecule has 0 saturated carbocycles. The zero-order valence-electron chi connectivity index (χ0n) is 12.6. The monoisotopic (exact) mass is 363 g/mol. The normalized spacial score (nSPS) is 12.0. The average molecular weight is 363 g/mol. The van der Waals surface area contributed by atoms with Crippen molar-refractivity contribution in [1.82, 2.24) is 0 Å². The molecule has 0 bridgehead atoms. The van der Waals surface area contributed by atoms with Crippen molar-refractivity contribution in [3.63, 3.8) is 0 Å². The number of alkyl halides is 6. The Morgan fingerprint density at radius 3 is 2.00 bits per heavy atom. The van der Waals surface area contributed by atoms with Crippen molar-refractivity contribution in [3.8, 4) is 5.75 Å². The van der Waals surface area contributed by atoms with Gasteiger partial charge in [-0.2, -0.15) is 26.3 Å². The van der Waals surface area contributed by atoms with Crippen LogP contribution in [0.25, 0.3) is 0 Å². The van der Waals surface area contributed by atoms with Crippen molar-refractivity contribution in [2.24, 2.45) is 0 Å². The van der Waals surface area contributed by atoms with Gasteiger partial charge in [0.05, 0.1) is 18.2 Å². The minimum Gasteiger partial charge on any atom is -0.496 e. The van der Waals surface area contributed by atoms with Crippen LogP contribution in [-0.4, -0.2) is 13.0 Å². The first-order chi connectivity index (χ1) is 11.5. The quantitative estimate of drug-likeness (QED) is 0.781. The lowest BCUT2D eigenvalue weighted by Gasteiger charge is -2.16. The van der Waals surface area contributed by atoms with Gasteiger partial charge in [0.25, 0.3) is 5.91 Å². The summed E-state index contributed by atoms with van der Waals surface area (Å²) in [6.45, 7) is 0. The van der Waals surface area contributed by atoms with E-state index < -0.39 is 40.7 Å². The molecule has 1 N–H and O–H groups in total. The Balaban J connectivity index is 2.33. The molecule has 134 valence electrons. The molecule has 0 aliphatic rings. The molecule has 0 aliphatic carbocycles. The van der Waals surface area contributed by atoms with Gasteiger partial charge in [0.2, 0.25) is 0 Å². The van der Waals surface area contributed by atoms with Gasteiger partial charge in [0, 0.05) is 5.69 Å². The molecule has 0 saturated heterocycles. The van der Waals surface area contributed by atoms with E-state index in [1.807, 2.05) is 0 Å². The fourth-order valence-corrected chi connectivity index (χ4v) is 2.12. The number of rotatable bonds is 3. The molecule has 3 nitrogen and oxygen atoms in total. The molecule has 0 aliphatic heterocycles. The zero-order chi connectivity index (χ0) is 18.8. The van der Waals surface area contributed by atoms with E-state index in [1.165, 1.54) is 6.07 Å². The van der Waals surface area contributed by atoms with E-state index in [-0.39, 0.29) is 5.69 Å². The van der Waals surface area contributed by atoms with Gasteiger partial charge in [-0.25, -0.2) is 0 Å². The Labute approximate surface area is 138 Å². The fraction of sp³-hybridized carbons (Fsp3) is 0.188. The highest BCUT2D eigenvalue weighted by atomic mass is 19.4. The van der Waals surface area contributed by atoms with Crippen LogP contribution in [-0.2, 0) is 12.4 Å². The van der Waals surface area contributed by atoms with E-state index in [0.29, 0.717) is 12.1 Å². The van der Waals surface area contributed by atoms with Gasteiger partial charge in [0.15, 0.2) is 0 Å². The SMILES string of the molecule is COc1cccc(C(=O)Nc2ccc(C(F)(F)F)cc2)c1C(F)(F)F. The minimum atomic E-state index is -4.85. The number of anilines is 1. The van der Waals surface area contributed by atoms with Crippen LogP contribution in [0.2, 0.25) is 0 Å². The molecular formula is C16H11F6NO2. The van der Waals surface area contributed by atoms with Gasteiger partial charge in [-0.1, -0.05) is 6.07 Å². The van der Waals surface area contributed by atoms with Crippen LogP contribution in [0.5, 0.6) is 5.75 Å². The minimum absolute atomic E-state index is 0.0751. The summed E-state index contributed by atoms with van der Waals surface area (Å²) in [6.07, 6.45) is -9.40. The number of halogens is 6. The summed E-state index contributed by atoms with van der Waals surface area (Å²) < 4.78 is 81.7. The summed E-state index contributed by atoms with van der Waals surface area (Å²) in [4.78, 5) is 12.1. The van der Waals surface area contributed by atoms with Gasteiger partial charge < -0.3 is 10.1 Å². The fourth-order valence-electron chi connectivity index (χ4n) is 2.12. The molecule has 0 unspecified atom stereocenters. The molecule has 0 heterocycles. The van der Waals surface area contributed by atoms with Gasteiger partial charge in [0.1, 0.15) is 11.3 Å². The topological polar surface area (TPSA) is 38.3 Å². The maximum absolute atomic E-state index is 13.2. The number of hydrogen-bond acceptors (Lipinski definition) is 2. The molecule has 0 aromatic heterocycles. The third-order valence-corrected chi connectivity index (χ3v) is 3.24. The van der Waals surface area contributed by atoms with Crippen molar-refractivity contribution < 1.29 is 35.9 Å². The summed E-state index contributed by atoms with van der Waals surface area (Å²) in [5.41, 5.74) is -2.98. The number of hydrogen-bond donors (Lipinski definition) is 1. The molecule has 1 amide bonds. The largest absolute Gasteiger partial charge is 0.496 e. The second-order valence-corrected chi connectivity index (χ2v) is 4.91. The number of benzene rings is 2. The van der Waals surface area contributed by atoms with E-state index in [1.54, 1.807) is 0 Å². The molecule has 0 radical (unpaired) electrons. The van der Waals surface area contributed by atoms with Crippen molar-refractivity contribution in [2.75, 3.05) is 12.4 Å². The van der Waals surface area contributed by atoms with Crippen LogP contribution < -0.4 is 10.1 Å². The number of carbonyl (C=O) groups excluding carboxylic acids is 1. The maximum atomic E-state index is 13.2. The van der Waals surface area contributed by atoms with Crippen LogP contribution in [0.3, 0.4) is 0 Å². The highest BCUT2D eigenvalue weighted by Gasteiger charge is 2.38. The summed E-state index contributed by atoms with van der Waals surface area (Å²) in [6, 6.07) is 6.54. The second kappa shape index (κ2) is 6.66. The molecule has 2 rings (SSSR count). The summed E-state index contributed by atoms with van der Waals surface area (Å²) in [7, 11) is 1.03. The van der Waals surface area contributed by atoms with Crippen molar-refractivity contribution in [1.29, 1.82) is 0 Å². The van der Waals surface area contributed by atoms with Crippen LogP contribution in [0.15, 0.2) is 42.5 Å². The smallest absolute Gasteiger partial charge is 0.420 e. The van der Waals surface area contributed by atoms with E-state index in [4.69, 9.17) is 0 Å². The highest BCUT2D eigenvalue weighted by Crippen LogP contribution is 2.39. The van der Waals surface area contributed by atoms with E-state index in [0.717, 1.165) is 31.4 Å². The third-order valence-electron chi connectivity index (χ3n) is 3.24. The predicted molar refractivity (Wildman–Crippen MR) is 77.4 cm³/mol. The van der Waals surface area contributed by atoms with Crippen molar-refractivity contribution in [2.45, 2.75) is 12.4 Å². The summed E-state index contributed by atoms with van der Waals surface area (Å²) in [5.74, 6) is -1.65. The lowest BCUT2D eigenvalue weighted by Crippen LogP contribution is -2.19. The van der Waals surface area contributed by atoms with Crippen molar-refractivity contribution in [3.05, 3.63) is 59.2 Å². The Hall–Kier alpha value is -2.71. The molecule has 25 heavy (non-hydrogen) atoms. The Morgan fingerprint density at radius 1 is 0.920 bits per heavy atom. The lowest BCUT2D eigenvalue weighted by atomic mass is 10.0. The Morgan fingerprint density at radius 2 is 1.52 bits per heavy atom. The van der Waals surface area contributed by atoms with E-state index in [9.17, 15) is 31.1 Å². The van der Waals surface area contributed by atoms with E-state index >= 15 is 0 Å². The number of ether oxygens (including phenoxy) is 1. The molecule has 0 spiro atoms. The van der Waals surface area contributed by atoms with Crippen LogP contribution in [0.4, 0.5) is 32.0 Å². The molecule has 2 aromatic rings. The number of nitrogens with one attached hydrogen (secondary N) is 1. The predicted octanol–water partition coefficient (Wildman–Crippen LogP) is 4.99. The first-order valence-electron chi connectivity index (χ1n) is 6.77. The Bertz CT molecular complexity index is 766. The molecule has 0 atom stereocenters. The van der Waals surface area contributed by atoms with Crippen LogP contribution in [0.1, 0.15) is 21.5 Å². The first kappa shape index (κ1) is 18.6. The third kappa shape index (κ3) is 4.23. The van der Waals surface area contributed by atoms with Gasteiger partial charge in [-0.3, -0.25) is 4.79 Å². The van der Waals surface area contributed by atoms with Crippen LogP contribution >= 0.6 is 0 Å². The summed E-state index contributed by atoms with van der Waals surface area (Å²) in [5, 5.41) is 2.14. The zero-order valence-corrected chi connectivity index (χ0v) is 12.6. The van der Waals surface area contributed by atoms with E-state index in [2.05, 4.69) is 10.1 Å². The van der Waals surface area contributed by atoms with Gasteiger partial charge in [-0.15, -0.1) is 0 Å². The number of amides is 1. The molecular weight excluding hydrogens is 352 g/mol. The number of methoxy groups -OCH3 is 1. The maximum Gasteiger partial charge on any atom is 0.420 e. The molecule has 2 aromatic carbocycles. The number of carbonyl (C=O) groups is 1. The lowest BCUT2D eigenvalue weighted by molar-refractivity contribution is -0.139. The standard InChI is InChI=1S/C16H11F6NO2/c1-25-12-4-2-3-11(13(12)16(20,21)22)14(24)23-10-7-5-9(6-8-10)15(17,18)19/h2-8H,1H3,(H,23,24). The first-order valence-corrected chi connectivity index (χ1v) is 6.77. The van der Waals surface area contributed by atoms with Crippen molar-refractivity contribution >= 4 is 11.6 Å². The summed E-state index contributed by atoms with van der Waals surface area (Å²) >= 11 is 0. The van der Waals surface area contributed by atoms with Crippen LogP contribution in [0, 0.1) is 0 Å². The Kier molecular flexibility index (Phi) is 4.96.